The van der Waals surface area contributed by atoms with Gasteiger partial charge in [0.05, 0.1) is 11.5 Å². The van der Waals surface area contributed by atoms with Crippen LogP contribution in [-0.4, -0.2) is 35.0 Å². The summed E-state index contributed by atoms with van der Waals surface area (Å²) in [4.78, 5) is 3.39. The first-order chi connectivity index (χ1) is 13.2. The van der Waals surface area contributed by atoms with Crippen LogP contribution in [-0.2, 0) is 6.54 Å². The molecule has 2 aromatic rings. The Hall–Kier alpha value is -1.69. The van der Waals surface area contributed by atoms with E-state index in [1.165, 1.54) is 43.2 Å². The Morgan fingerprint density at radius 3 is 2.78 bits per heavy atom. The van der Waals surface area contributed by atoms with Crippen molar-refractivity contribution >= 4 is 22.9 Å². The maximum atomic E-state index is 9.69. The first-order valence-electron chi connectivity index (χ1n) is 10.1. The predicted molar refractivity (Wildman–Crippen MR) is 113 cm³/mol. The van der Waals surface area contributed by atoms with Gasteiger partial charge in [0.1, 0.15) is 5.84 Å². The average Bonchev–Trinajstić information content (AvgIpc) is 3.44. The van der Waals surface area contributed by atoms with Crippen LogP contribution >= 0.6 is 11.3 Å². The molecule has 0 bridgehead atoms. The van der Waals surface area contributed by atoms with E-state index in [-0.39, 0.29) is 6.61 Å². The van der Waals surface area contributed by atoms with E-state index in [1.807, 2.05) is 17.5 Å². The van der Waals surface area contributed by atoms with Crippen LogP contribution in [0.2, 0.25) is 0 Å². The molecule has 1 aromatic heterocycles. The lowest BCUT2D eigenvalue weighted by Crippen LogP contribution is -2.32. The molecule has 1 aromatic carbocycles. The van der Waals surface area contributed by atoms with E-state index in [2.05, 4.69) is 28.4 Å². The van der Waals surface area contributed by atoms with Gasteiger partial charge in [-0.1, -0.05) is 25.0 Å². The smallest absolute Gasteiger partial charge is 0.140 e. The van der Waals surface area contributed by atoms with Crippen LogP contribution in [0, 0.1) is 5.41 Å². The molecule has 1 saturated carbocycles. The molecular weight excluding hydrogens is 354 g/mol. The molecule has 4 nitrogen and oxygen atoms in total. The van der Waals surface area contributed by atoms with Gasteiger partial charge >= 0.3 is 0 Å². The summed E-state index contributed by atoms with van der Waals surface area (Å²) in [6, 6.07) is 10.9. The van der Waals surface area contributed by atoms with Gasteiger partial charge in [-0.3, -0.25) is 10.3 Å². The lowest BCUT2D eigenvalue weighted by molar-refractivity contribution is 0.153. The summed E-state index contributed by atoms with van der Waals surface area (Å²) < 4.78 is 0. The summed E-state index contributed by atoms with van der Waals surface area (Å²) in [6.07, 6.45) is 7.50. The highest BCUT2D eigenvalue weighted by Crippen LogP contribution is 2.37. The molecule has 1 aliphatic carbocycles. The van der Waals surface area contributed by atoms with Crippen LogP contribution in [0.1, 0.15) is 60.4 Å². The maximum Gasteiger partial charge on any atom is 0.140 e. The van der Waals surface area contributed by atoms with Crippen LogP contribution in [0.5, 0.6) is 0 Å². The normalized spacial score (nSPS) is 21.0. The summed E-state index contributed by atoms with van der Waals surface area (Å²) in [6.45, 7) is 2.22. The zero-order valence-corrected chi connectivity index (χ0v) is 16.6. The van der Waals surface area contributed by atoms with Gasteiger partial charge in [0.2, 0.25) is 0 Å². The van der Waals surface area contributed by atoms with E-state index < -0.39 is 0 Å². The van der Waals surface area contributed by atoms with Gasteiger partial charge in [-0.25, -0.2) is 0 Å². The molecule has 1 atom stereocenters. The van der Waals surface area contributed by atoms with Crippen molar-refractivity contribution < 1.29 is 5.11 Å². The number of hydrogen-bond donors (Lipinski definition) is 3. The highest BCUT2D eigenvalue weighted by atomic mass is 32.1. The lowest BCUT2D eigenvalue weighted by atomic mass is 9.92. The van der Waals surface area contributed by atoms with Crippen molar-refractivity contribution in [3.8, 4) is 0 Å². The minimum absolute atomic E-state index is 0.250. The Morgan fingerprint density at radius 2 is 2.04 bits per heavy atom. The zero-order valence-electron chi connectivity index (χ0n) is 15.8. The molecule has 3 N–H and O–H groups in total. The third-order valence-corrected chi connectivity index (χ3v) is 6.95. The topological polar surface area (TPSA) is 59.4 Å². The molecular formula is C22H29N3OS. The molecule has 2 fully saturated rings. The second-order valence-corrected chi connectivity index (χ2v) is 8.77. The number of rotatable bonds is 6. The van der Waals surface area contributed by atoms with Crippen molar-refractivity contribution in [2.24, 2.45) is 0 Å². The van der Waals surface area contributed by atoms with E-state index in [0.717, 1.165) is 30.1 Å². The fourth-order valence-electron chi connectivity index (χ4n) is 4.61. The third kappa shape index (κ3) is 4.26. The van der Waals surface area contributed by atoms with E-state index in [4.69, 9.17) is 5.41 Å². The second-order valence-electron chi connectivity index (χ2n) is 7.82. The molecule has 0 spiro atoms. The van der Waals surface area contributed by atoms with Crippen LogP contribution in [0.3, 0.4) is 0 Å². The van der Waals surface area contributed by atoms with Crippen molar-refractivity contribution in [3.63, 3.8) is 0 Å². The number of amidine groups is 1. The van der Waals surface area contributed by atoms with Crippen LogP contribution in [0.15, 0.2) is 35.7 Å². The Bertz CT molecular complexity index is 768. The van der Waals surface area contributed by atoms with Gasteiger partial charge in [0, 0.05) is 18.3 Å². The molecule has 2 heterocycles. The van der Waals surface area contributed by atoms with Crippen molar-refractivity contribution in [2.75, 3.05) is 18.5 Å². The summed E-state index contributed by atoms with van der Waals surface area (Å²) in [5.74, 6) is 1.12. The number of likely N-dealkylation sites (tertiary alicyclic amines) is 1. The van der Waals surface area contributed by atoms with Crippen molar-refractivity contribution in [2.45, 2.75) is 57.0 Å². The van der Waals surface area contributed by atoms with Crippen LogP contribution < -0.4 is 5.32 Å². The Kier molecular flexibility index (Phi) is 5.91. The van der Waals surface area contributed by atoms with Crippen molar-refractivity contribution in [1.82, 2.24) is 4.90 Å². The number of nitrogens with one attached hydrogen (secondary N) is 2. The molecule has 1 saturated heterocycles. The average molecular weight is 384 g/mol. The van der Waals surface area contributed by atoms with Gasteiger partial charge in [0.25, 0.3) is 0 Å². The largest absolute Gasteiger partial charge is 0.395 e. The molecule has 5 heteroatoms. The first kappa shape index (κ1) is 18.7. The summed E-state index contributed by atoms with van der Waals surface area (Å²) in [5.41, 5.74) is 3.83. The number of anilines is 1. The fourth-order valence-corrected chi connectivity index (χ4v) is 5.24. The quantitative estimate of drug-likeness (QED) is 0.496. The number of benzene rings is 1. The van der Waals surface area contributed by atoms with Crippen LogP contribution in [0.25, 0.3) is 0 Å². The zero-order chi connectivity index (χ0) is 18.6. The lowest BCUT2D eigenvalue weighted by Gasteiger charge is -2.26. The summed E-state index contributed by atoms with van der Waals surface area (Å²) >= 11 is 1.58. The second kappa shape index (κ2) is 8.55. The maximum absolute atomic E-state index is 9.69. The molecule has 144 valence electrons. The highest BCUT2D eigenvalue weighted by molar-refractivity contribution is 7.12. The molecule has 0 unspecified atom stereocenters. The van der Waals surface area contributed by atoms with Gasteiger partial charge in [-0.05, 0) is 72.9 Å². The standard InChI is InChI=1S/C22H29N3OS/c23-22(21-8-4-12-27-21)24-18-9-10-20(16-5-1-2-6-16)17(13-18)14-25-11-3-7-19(25)15-26/h4,8-10,12-13,16,19,26H,1-3,5-7,11,14-15H2,(H2,23,24)/t19-/m0/s1. The van der Waals surface area contributed by atoms with Gasteiger partial charge in [-0.2, -0.15) is 0 Å². The number of nitrogens with zero attached hydrogens (tertiary/aromatic N) is 1. The third-order valence-electron chi connectivity index (χ3n) is 6.06. The summed E-state index contributed by atoms with van der Waals surface area (Å²) in [7, 11) is 0. The summed E-state index contributed by atoms with van der Waals surface area (Å²) in [5, 5.41) is 23.3. The number of aliphatic hydroxyl groups excluding tert-OH is 1. The van der Waals surface area contributed by atoms with Gasteiger partial charge < -0.3 is 10.4 Å². The van der Waals surface area contributed by atoms with E-state index in [9.17, 15) is 5.11 Å². The number of hydrogen-bond acceptors (Lipinski definition) is 4. The molecule has 27 heavy (non-hydrogen) atoms. The van der Waals surface area contributed by atoms with Crippen LogP contribution in [0.4, 0.5) is 5.69 Å². The Labute approximate surface area is 165 Å². The molecule has 1 aliphatic heterocycles. The van der Waals surface area contributed by atoms with Crippen molar-refractivity contribution in [3.05, 3.63) is 51.7 Å². The molecule has 4 rings (SSSR count). The number of aliphatic hydroxyl groups is 1. The molecule has 0 radical (unpaired) electrons. The van der Waals surface area contributed by atoms with E-state index in [0.29, 0.717) is 17.8 Å². The number of thiophene rings is 1. The molecule has 2 aliphatic rings. The van der Waals surface area contributed by atoms with E-state index in [1.54, 1.807) is 11.3 Å². The highest BCUT2D eigenvalue weighted by Gasteiger charge is 2.26. The Morgan fingerprint density at radius 1 is 1.19 bits per heavy atom. The Balaban J connectivity index is 1.57. The first-order valence-corrected chi connectivity index (χ1v) is 11.0. The minimum Gasteiger partial charge on any atom is -0.395 e. The monoisotopic (exact) mass is 383 g/mol. The van der Waals surface area contributed by atoms with Gasteiger partial charge in [0.15, 0.2) is 0 Å². The predicted octanol–water partition coefficient (Wildman–Crippen LogP) is 4.80. The minimum atomic E-state index is 0.250. The SMILES string of the molecule is N=C(Nc1ccc(C2CCCC2)c(CN2CCC[C@H]2CO)c1)c1cccs1. The van der Waals surface area contributed by atoms with Crippen molar-refractivity contribution in [1.29, 1.82) is 5.41 Å². The van der Waals surface area contributed by atoms with Gasteiger partial charge in [-0.15, -0.1) is 11.3 Å². The van der Waals surface area contributed by atoms with E-state index >= 15 is 0 Å². The fraction of sp³-hybridized carbons (Fsp3) is 0.500. The molecule has 0 amide bonds.